The van der Waals surface area contributed by atoms with E-state index in [9.17, 15) is 17.2 Å². The van der Waals surface area contributed by atoms with Crippen molar-refractivity contribution in [2.24, 2.45) is 0 Å². The van der Waals surface area contributed by atoms with Crippen LogP contribution in [0.15, 0.2) is 84.9 Å². The van der Waals surface area contributed by atoms with Gasteiger partial charge >= 0.3 is 0 Å². The van der Waals surface area contributed by atoms with Gasteiger partial charge in [-0.15, -0.1) is 0 Å². The molecule has 0 aliphatic carbocycles. The van der Waals surface area contributed by atoms with Crippen LogP contribution in [0.1, 0.15) is 16.7 Å². The smallest absolute Gasteiger partial charge is 0.229 e. The molecule has 0 fully saturated rings. The summed E-state index contributed by atoms with van der Waals surface area (Å²) in [4.78, 5) is 5.22. The zero-order valence-corrected chi connectivity index (χ0v) is 20.6. The molecule has 9 heteroatoms. The van der Waals surface area contributed by atoms with Crippen LogP contribution in [0.5, 0.6) is 11.5 Å². The second kappa shape index (κ2) is 10.7. The molecule has 4 rings (SSSR count). The van der Waals surface area contributed by atoms with E-state index in [-0.39, 0.29) is 5.75 Å². The molecule has 3 aromatic carbocycles. The van der Waals surface area contributed by atoms with Crippen LogP contribution in [0.3, 0.4) is 0 Å². The lowest BCUT2D eigenvalue weighted by Gasteiger charge is -2.28. The standard InChI is InChI=1S/C27H25F2N3O3S/c1-19-24(31-36(2,33)34)9-6-10-25(19)32(17-20-7-4-3-5-8-20)18-21-11-13-22(14-12-21)35-23-15-26(28)30-27(29)16-23/h3-16,31H,17-18H2,1-2H3. The van der Waals surface area contributed by atoms with E-state index in [0.717, 1.165) is 40.8 Å². The zero-order chi connectivity index (χ0) is 25.7. The van der Waals surface area contributed by atoms with Gasteiger partial charge in [-0.1, -0.05) is 48.5 Å². The number of hydrogen-bond donors (Lipinski definition) is 1. The summed E-state index contributed by atoms with van der Waals surface area (Å²) < 4.78 is 58.5. The maximum atomic E-state index is 13.4. The quantitative estimate of drug-likeness (QED) is 0.279. The SMILES string of the molecule is Cc1c(NS(C)(=O)=O)cccc1N(Cc1ccccc1)Cc1ccc(Oc2cc(F)nc(F)c2)cc1. The summed E-state index contributed by atoms with van der Waals surface area (Å²) in [7, 11) is -3.43. The Morgan fingerprint density at radius 2 is 1.44 bits per heavy atom. The average molecular weight is 510 g/mol. The highest BCUT2D eigenvalue weighted by Crippen LogP contribution is 2.30. The Balaban J connectivity index is 1.60. The fraction of sp³-hybridized carbons (Fsp3) is 0.148. The van der Waals surface area contributed by atoms with E-state index in [1.807, 2.05) is 61.5 Å². The van der Waals surface area contributed by atoms with Crippen molar-refractivity contribution in [2.45, 2.75) is 20.0 Å². The molecule has 0 aliphatic heterocycles. The van der Waals surface area contributed by atoms with Crippen molar-refractivity contribution >= 4 is 21.4 Å². The van der Waals surface area contributed by atoms with Crippen LogP contribution in [-0.2, 0) is 23.1 Å². The van der Waals surface area contributed by atoms with Gasteiger partial charge in [0.05, 0.1) is 11.9 Å². The first kappa shape index (κ1) is 25.1. The molecular formula is C27H25F2N3O3S. The van der Waals surface area contributed by atoms with Crippen LogP contribution in [0, 0.1) is 18.8 Å². The van der Waals surface area contributed by atoms with Gasteiger partial charge in [-0.25, -0.2) is 8.42 Å². The molecule has 0 atom stereocenters. The third-order valence-electron chi connectivity index (χ3n) is 5.43. The molecule has 0 amide bonds. The number of benzene rings is 3. The Morgan fingerprint density at radius 1 is 0.833 bits per heavy atom. The van der Waals surface area contributed by atoms with Crippen molar-refractivity contribution in [1.29, 1.82) is 0 Å². The summed E-state index contributed by atoms with van der Waals surface area (Å²) in [5, 5.41) is 0. The van der Waals surface area contributed by atoms with Gasteiger partial charge in [-0.05, 0) is 47.9 Å². The zero-order valence-electron chi connectivity index (χ0n) is 19.8. The van der Waals surface area contributed by atoms with Gasteiger partial charge in [0, 0.05) is 30.9 Å². The lowest BCUT2D eigenvalue weighted by atomic mass is 10.1. The Bertz CT molecular complexity index is 1430. The number of ether oxygens (including phenoxy) is 1. The molecule has 0 saturated heterocycles. The van der Waals surface area contributed by atoms with Crippen LogP contribution < -0.4 is 14.4 Å². The van der Waals surface area contributed by atoms with Gasteiger partial charge in [-0.3, -0.25) is 4.72 Å². The second-order valence-electron chi connectivity index (χ2n) is 8.36. The predicted molar refractivity (Wildman–Crippen MR) is 137 cm³/mol. The lowest BCUT2D eigenvalue weighted by Crippen LogP contribution is -2.23. The highest BCUT2D eigenvalue weighted by atomic mass is 32.2. The number of aromatic nitrogens is 1. The van der Waals surface area contributed by atoms with Crippen LogP contribution in [0.2, 0.25) is 0 Å². The van der Waals surface area contributed by atoms with Gasteiger partial charge in [-0.2, -0.15) is 13.8 Å². The van der Waals surface area contributed by atoms with E-state index in [1.165, 1.54) is 0 Å². The van der Waals surface area contributed by atoms with Crippen molar-refractivity contribution in [2.75, 3.05) is 15.9 Å². The van der Waals surface area contributed by atoms with Gasteiger partial charge < -0.3 is 9.64 Å². The van der Waals surface area contributed by atoms with E-state index >= 15 is 0 Å². The minimum Gasteiger partial charge on any atom is -0.457 e. The summed E-state index contributed by atoms with van der Waals surface area (Å²) in [6, 6.07) is 24.7. The molecule has 0 bridgehead atoms. The third kappa shape index (κ3) is 6.79. The molecule has 0 unspecified atom stereocenters. The maximum absolute atomic E-state index is 13.4. The number of halogens is 2. The highest BCUT2D eigenvalue weighted by molar-refractivity contribution is 7.92. The largest absolute Gasteiger partial charge is 0.457 e. The first-order chi connectivity index (χ1) is 17.2. The number of sulfonamides is 1. The fourth-order valence-electron chi connectivity index (χ4n) is 3.83. The number of nitrogens with one attached hydrogen (secondary N) is 1. The van der Waals surface area contributed by atoms with Crippen LogP contribution >= 0.6 is 0 Å². The molecule has 186 valence electrons. The van der Waals surface area contributed by atoms with Crippen LogP contribution in [-0.4, -0.2) is 19.7 Å². The van der Waals surface area contributed by atoms with E-state index in [1.54, 1.807) is 18.2 Å². The molecule has 1 aromatic heterocycles. The number of rotatable bonds is 9. The predicted octanol–water partition coefficient (Wildman–Crippen LogP) is 6.04. The van der Waals surface area contributed by atoms with Gasteiger partial charge in [0.1, 0.15) is 11.5 Å². The van der Waals surface area contributed by atoms with Crippen LogP contribution in [0.4, 0.5) is 20.2 Å². The van der Waals surface area contributed by atoms with Crippen molar-refractivity contribution in [1.82, 2.24) is 4.98 Å². The second-order valence-corrected chi connectivity index (χ2v) is 10.1. The molecule has 1 N–H and O–H groups in total. The highest BCUT2D eigenvalue weighted by Gasteiger charge is 2.15. The Labute approximate surface area is 209 Å². The van der Waals surface area contributed by atoms with Gasteiger partial charge in [0.15, 0.2) is 0 Å². The lowest BCUT2D eigenvalue weighted by molar-refractivity contribution is 0.451. The van der Waals surface area contributed by atoms with E-state index in [2.05, 4.69) is 14.6 Å². The topological polar surface area (TPSA) is 71.5 Å². The van der Waals surface area contributed by atoms with Gasteiger partial charge in [0.25, 0.3) is 0 Å². The van der Waals surface area contributed by atoms with E-state index < -0.39 is 21.9 Å². The van der Waals surface area contributed by atoms with E-state index in [4.69, 9.17) is 4.74 Å². The number of hydrogen-bond acceptors (Lipinski definition) is 5. The molecule has 0 aliphatic rings. The number of pyridine rings is 1. The van der Waals surface area contributed by atoms with Crippen molar-refractivity contribution in [3.05, 3.63) is 114 Å². The summed E-state index contributed by atoms with van der Waals surface area (Å²) in [6.45, 7) is 3.00. The minimum atomic E-state index is -3.43. The molecule has 36 heavy (non-hydrogen) atoms. The normalized spacial score (nSPS) is 11.2. The summed E-state index contributed by atoms with van der Waals surface area (Å²) in [6.07, 6.45) is 1.12. The molecule has 0 radical (unpaired) electrons. The Hall–Kier alpha value is -3.98. The Kier molecular flexibility index (Phi) is 7.49. The van der Waals surface area contributed by atoms with Crippen LogP contribution in [0.25, 0.3) is 0 Å². The fourth-order valence-corrected chi connectivity index (χ4v) is 4.45. The summed E-state index contributed by atoms with van der Waals surface area (Å²) >= 11 is 0. The molecule has 1 heterocycles. The van der Waals surface area contributed by atoms with Crippen molar-refractivity contribution < 1.29 is 21.9 Å². The molecule has 4 aromatic rings. The molecular weight excluding hydrogens is 484 g/mol. The maximum Gasteiger partial charge on any atom is 0.229 e. The Morgan fingerprint density at radius 3 is 2.06 bits per heavy atom. The monoisotopic (exact) mass is 509 g/mol. The van der Waals surface area contributed by atoms with Gasteiger partial charge in [0.2, 0.25) is 21.9 Å². The molecule has 0 spiro atoms. The molecule has 0 saturated carbocycles. The molecule has 6 nitrogen and oxygen atoms in total. The minimum absolute atomic E-state index is 0.0178. The number of nitrogens with zero attached hydrogens (tertiary/aromatic N) is 2. The first-order valence-corrected chi connectivity index (χ1v) is 13.0. The first-order valence-electron chi connectivity index (χ1n) is 11.1. The summed E-state index contributed by atoms with van der Waals surface area (Å²) in [5.74, 6) is -1.47. The average Bonchev–Trinajstić information content (AvgIpc) is 2.80. The third-order valence-corrected chi connectivity index (χ3v) is 6.02. The van der Waals surface area contributed by atoms with Crippen molar-refractivity contribution in [3.63, 3.8) is 0 Å². The summed E-state index contributed by atoms with van der Waals surface area (Å²) in [5.41, 5.74) is 4.27. The van der Waals surface area contributed by atoms with E-state index in [0.29, 0.717) is 24.5 Å². The van der Waals surface area contributed by atoms with Crippen molar-refractivity contribution in [3.8, 4) is 11.5 Å². The number of anilines is 2.